The predicted molar refractivity (Wildman–Crippen MR) is 41.8 cm³/mol. The average Bonchev–Trinajstić information content (AvgIpc) is 2.38. The Labute approximate surface area is 61.9 Å². The Morgan fingerprint density at radius 2 is 2.50 bits per heavy atom. The van der Waals surface area contributed by atoms with Crippen molar-refractivity contribution in [3.05, 3.63) is 12.2 Å². The number of hydrogen-bond donors (Lipinski definition) is 2. The Kier molecular flexibility index (Phi) is 2.90. The van der Waals surface area contributed by atoms with Crippen LogP contribution in [0.5, 0.6) is 0 Å². The number of nitrogens with one attached hydrogen (secondary N) is 1. The van der Waals surface area contributed by atoms with Crippen LogP contribution in [0.3, 0.4) is 0 Å². The molecule has 1 aliphatic heterocycles. The number of rotatable bonds is 3. The van der Waals surface area contributed by atoms with E-state index in [-0.39, 0.29) is 6.61 Å². The van der Waals surface area contributed by atoms with Crippen LogP contribution < -0.4 is 5.32 Å². The van der Waals surface area contributed by atoms with Gasteiger partial charge in [-0.15, -0.1) is 0 Å². The molecule has 58 valence electrons. The lowest BCUT2D eigenvalue weighted by molar-refractivity contribution is 0.295. The van der Waals surface area contributed by atoms with Crippen molar-refractivity contribution in [1.29, 1.82) is 0 Å². The molecule has 0 amide bonds. The normalized spacial score (nSPS) is 25.1. The lowest BCUT2D eigenvalue weighted by Gasteiger charge is -2.09. The number of aliphatic hydroxyl groups is 1. The van der Waals surface area contributed by atoms with Gasteiger partial charge < -0.3 is 10.4 Å². The third kappa shape index (κ3) is 1.82. The van der Waals surface area contributed by atoms with Crippen molar-refractivity contribution in [2.45, 2.75) is 12.8 Å². The van der Waals surface area contributed by atoms with Crippen LogP contribution >= 0.6 is 0 Å². The van der Waals surface area contributed by atoms with Gasteiger partial charge in [-0.25, -0.2) is 0 Å². The summed E-state index contributed by atoms with van der Waals surface area (Å²) in [6, 6.07) is 0. The molecule has 0 bridgehead atoms. The molecule has 0 aliphatic carbocycles. The van der Waals surface area contributed by atoms with Crippen LogP contribution in [0, 0.1) is 5.92 Å². The molecule has 0 aromatic heterocycles. The van der Waals surface area contributed by atoms with Gasteiger partial charge in [-0.05, 0) is 25.3 Å². The van der Waals surface area contributed by atoms with E-state index in [1.165, 1.54) is 12.0 Å². The molecule has 0 aromatic carbocycles. The molecule has 10 heavy (non-hydrogen) atoms. The molecule has 0 saturated carbocycles. The minimum atomic E-state index is 0.245. The van der Waals surface area contributed by atoms with E-state index in [0.717, 1.165) is 19.5 Å². The molecule has 1 fully saturated rings. The summed E-state index contributed by atoms with van der Waals surface area (Å²) in [5.74, 6) is 0.618. The zero-order chi connectivity index (χ0) is 7.40. The maximum Gasteiger partial charge on any atom is 0.0468 e. The third-order valence-corrected chi connectivity index (χ3v) is 2.07. The lowest BCUT2D eigenvalue weighted by atomic mass is 9.98. The van der Waals surface area contributed by atoms with Gasteiger partial charge in [-0.1, -0.05) is 12.2 Å². The van der Waals surface area contributed by atoms with Crippen LogP contribution in [0.1, 0.15) is 12.8 Å². The van der Waals surface area contributed by atoms with E-state index in [0.29, 0.717) is 5.92 Å². The molecule has 1 unspecified atom stereocenters. The first-order chi connectivity index (χ1) is 4.84. The van der Waals surface area contributed by atoms with Crippen molar-refractivity contribution >= 4 is 0 Å². The van der Waals surface area contributed by atoms with Crippen LogP contribution in [0.4, 0.5) is 0 Å². The van der Waals surface area contributed by atoms with E-state index >= 15 is 0 Å². The van der Waals surface area contributed by atoms with Gasteiger partial charge in [0.05, 0.1) is 0 Å². The van der Waals surface area contributed by atoms with Crippen molar-refractivity contribution in [2.24, 2.45) is 5.92 Å². The fourth-order valence-electron chi connectivity index (χ4n) is 1.35. The second kappa shape index (κ2) is 3.74. The zero-order valence-electron chi connectivity index (χ0n) is 6.27. The molecule has 2 heteroatoms. The summed E-state index contributed by atoms with van der Waals surface area (Å²) in [7, 11) is 0. The molecule has 1 rings (SSSR count). The van der Waals surface area contributed by atoms with E-state index in [2.05, 4.69) is 11.9 Å². The topological polar surface area (TPSA) is 32.3 Å². The van der Waals surface area contributed by atoms with Gasteiger partial charge in [0.1, 0.15) is 0 Å². The SMILES string of the molecule is C=C(CCO)C1CCNC1. The standard InChI is InChI=1S/C8H15NO/c1-7(3-5-10)8-2-4-9-6-8/h8-10H,1-6H2. The third-order valence-electron chi connectivity index (χ3n) is 2.07. The van der Waals surface area contributed by atoms with Gasteiger partial charge in [0, 0.05) is 13.2 Å². The Bertz CT molecular complexity index is 116. The summed E-state index contributed by atoms with van der Waals surface area (Å²) >= 11 is 0. The molecule has 0 spiro atoms. The van der Waals surface area contributed by atoms with Crippen LogP contribution in [0.15, 0.2) is 12.2 Å². The Balaban J connectivity index is 2.25. The highest BCUT2D eigenvalue weighted by molar-refractivity contribution is 5.03. The van der Waals surface area contributed by atoms with E-state index in [1.807, 2.05) is 0 Å². The van der Waals surface area contributed by atoms with Gasteiger partial charge in [0.15, 0.2) is 0 Å². The Morgan fingerprint density at radius 1 is 1.70 bits per heavy atom. The van der Waals surface area contributed by atoms with Crippen molar-refractivity contribution in [1.82, 2.24) is 5.32 Å². The molecular weight excluding hydrogens is 126 g/mol. The molecule has 1 aliphatic rings. The van der Waals surface area contributed by atoms with Crippen LogP contribution in [-0.4, -0.2) is 24.8 Å². The molecule has 1 saturated heterocycles. The zero-order valence-corrected chi connectivity index (χ0v) is 6.27. The highest BCUT2D eigenvalue weighted by Gasteiger charge is 2.16. The molecular formula is C8H15NO. The first-order valence-corrected chi connectivity index (χ1v) is 3.84. The first-order valence-electron chi connectivity index (χ1n) is 3.84. The van der Waals surface area contributed by atoms with Gasteiger partial charge in [0.2, 0.25) is 0 Å². The summed E-state index contributed by atoms with van der Waals surface area (Å²) in [6.45, 7) is 6.33. The minimum absolute atomic E-state index is 0.245. The van der Waals surface area contributed by atoms with E-state index in [9.17, 15) is 0 Å². The highest BCUT2D eigenvalue weighted by Crippen LogP contribution is 2.18. The van der Waals surface area contributed by atoms with Crippen molar-refractivity contribution in [3.63, 3.8) is 0 Å². The Morgan fingerprint density at radius 3 is 3.00 bits per heavy atom. The summed E-state index contributed by atoms with van der Waals surface area (Å²) in [4.78, 5) is 0. The van der Waals surface area contributed by atoms with Crippen LogP contribution in [0.2, 0.25) is 0 Å². The maximum absolute atomic E-state index is 8.62. The second-order valence-corrected chi connectivity index (χ2v) is 2.82. The molecule has 2 nitrogen and oxygen atoms in total. The second-order valence-electron chi connectivity index (χ2n) is 2.82. The fraction of sp³-hybridized carbons (Fsp3) is 0.750. The quantitative estimate of drug-likeness (QED) is 0.562. The monoisotopic (exact) mass is 141 g/mol. The van der Waals surface area contributed by atoms with Crippen molar-refractivity contribution in [2.75, 3.05) is 19.7 Å². The average molecular weight is 141 g/mol. The molecule has 0 radical (unpaired) electrons. The maximum atomic E-state index is 8.62. The van der Waals surface area contributed by atoms with E-state index < -0.39 is 0 Å². The van der Waals surface area contributed by atoms with Gasteiger partial charge in [-0.2, -0.15) is 0 Å². The minimum Gasteiger partial charge on any atom is -0.396 e. The van der Waals surface area contributed by atoms with Crippen molar-refractivity contribution in [3.8, 4) is 0 Å². The molecule has 1 heterocycles. The molecule has 1 atom stereocenters. The van der Waals surface area contributed by atoms with Gasteiger partial charge in [0.25, 0.3) is 0 Å². The summed E-state index contributed by atoms with van der Waals surface area (Å²) in [5, 5.41) is 11.9. The lowest BCUT2D eigenvalue weighted by Crippen LogP contribution is -2.10. The van der Waals surface area contributed by atoms with E-state index in [1.54, 1.807) is 0 Å². The fourth-order valence-corrected chi connectivity index (χ4v) is 1.35. The Hall–Kier alpha value is -0.340. The summed E-state index contributed by atoms with van der Waals surface area (Å²) < 4.78 is 0. The first kappa shape index (κ1) is 7.76. The van der Waals surface area contributed by atoms with E-state index in [4.69, 9.17) is 5.11 Å². The largest absolute Gasteiger partial charge is 0.396 e. The van der Waals surface area contributed by atoms with Gasteiger partial charge >= 0.3 is 0 Å². The number of hydrogen-bond acceptors (Lipinski definition) is 2. The van der Waals surface area contributed by atoms with Crippen LogP contribution in [0.25, 0.3) is 0 Å². The number of aliphatic hydroxyl groups excluding tert-OH is 1. The smallest absolute Gasteiger partial charge is 0.0468 e. The summed E-state index contributed by atoms with van der Waals surface area (Å²) in [6.07, 6.45) is 1.96. The van der Waals surface area contributed by atoms with Gasteiger partial charge in [-0.3, -0.25) is 0 Å². The predicted octanol–water partition coefficient (Wildman–Crippen LogP) is 0.534. The van der Waals surface area contributed by atoms with Crippen molar-refractivity contribution < 1.29 is 5.11 Å². The highest BCUT2D eigenvalue weighted by atomic mass is 16.2. The van der Waals surface area contributed by atoms with Crippen LogP contribution in [-0.2, 0) is 0 Å². The molecule has 0 aromatic rings. The summed E-state index contributed by atoms with van der Waals surface area (Å²) in [5.41, 5.74) is 1.20. The molecule has 2 N–H and O–H groups in total.